The SMILES string of the molecule is COC(=O)CCN1CCN(c2snc3ccccc23)CC1. The number of rotatable bonds is 4. The number of methoxy groups -OCH3 is 1. The van der Waals surface area contributed by atoms with Crippen molar-refractivity contribution in [2.45, 2.75) is 6.42 Å². The van der Waals surface area contributed by atoms with Crippen LogP contribution in [0.15, 0.2) is 24.3 Å². The summed E-state index contributed by atoms with van der Waals surface area (Å²) in [6, 6.07) is 8.28. The third-order valence-corrected chi connectivity index (χ3v) is 4.82. The van der Waals surface area contributed by atoms with E-state index in [0.717, 1.165) is 38.2 Å². The molecule has 6 heteroatoms. The van der Waals surface area contributed by atoms with Crippen LogP contribution in [0.5, 0.6) is 0 Å². The molecular formula is C15H19N3O2S. The maximum Gasteiger partial charge on any atom is 0.306 e. The molecule has 1 fully saturated rings. The Labute approximate surface area is 128 Å². The van der Waals surface area contributed by atoms with Gasteiger partial charge in [0, 0.05) is 38.1 Å². The summed E-state index contributed by atoms with van der Waals surface area (Å²) in [6.07, 6.45) is 0.472. The Bertz CT molecular complexity index is 620. The van der Waals surface area contributed by atoms with E-state index in [-0.39, 0.29) is 5.97 Å². The van der Waals surface area contributed by atoms with Gasteiger partial charge in [0.2, 0.25) is 0 Å². The van der Waals surface area contributed by atoms with Crippen LogP contribution in [0, 0.1) is 0 Å². The van der Waals surface area contributed by atoms with Crippen molar-refractivity contribution < 1.29 is 9.53 Å². The molecule has 0 atom stereocenters. The second-order valence-electron chi connectivity index (χ2n) is 5.16. The third-order valence-electron chi connectivity index (χ3n) is 3.88. The average Bonchev–Trinajstić information content (AvgIpc) is 2.97. The van der Waals surface area contributed by atoms with Crippen LogP contribution in [0.3, 0.4) is 0 Å². The van der Waals surface area contributed by atoms with Gasteiger partial charge in [0.15, 0.2) is 0 Å². The molecule has 3 rings (SSSR count). The molecule has 0 radical (unpaired) electrons. The molecule has 21 heavy (non-hydrogen) atoms. The van der Waals surface area contributed by atoms with Crippen molar-refractivity contribution in [3.63, 3.8) is 0 Å². The summed E-state index contributed by atoms with van der Waals surface area (Å²) >= 11 is 1.58. The van der Waals surface area contributed by atoms with E-state index in [2.05, 4.69) is 37.1 Å². The van der Waals surface area contributed by atoms with Crippen molar-refractivity contribution in [1.29, 1.82) is 0 Å². The van der Waals surface area contributed by atoms with Crippen LogP contribution in [0.1, 0.15) is 6.42 Å². The standard InChI is InChI=1S/C15H19N3O2S/c1-20-14(19)6-7-17-8-10-18(11-9-17)15-12-4-2-3-5-13(12)16-21-15/h2-5H,6-11H2,1H3. The first-order chi connectivity index (χ1) is 10.3. The van der Waals surface area contributed by atoms with E-state index >= 15 is 0 Å². The number of anilines is 1. The second kappa shape index (κ2) is 6.41. The lowest BCUT2D eigenvalue weighted by molar-refractivity contribution is -0.141. The molecule has 1 aliphatic heterocycles. The first kappa shape index (κ1) is 14.3. The van der Waals surface area contributed by atoms with Crippen molar-refractivity contribution in [2.24, 2.45) is 0 Å². The highest BCUT2D eigenvalue weighted by molar-refractivity contribution is 7.11. The zero-order valence-corrected chi connectivity index (χ0v) is 12.9. The lowest BCUT2D eigenvalue weighted by Crippen LogP contribution is -2.46. The largest absolute Gasteiger partial charge is 0.469 e. The van der Waals surface area contributed by atoms with Gasteiger partial charge in [-0.05, 0) is 23.7 Å². The summed E-state index contributed by atoms with van der Waals surface area (Å²) in [7, 11) is 1.44. The van der Waals surface area contributed by atoms with Crippen LogP contribution in [0.25, 0.3) is 10.9 Å². The molecule has 112 valence electrons. The predicted molar refractivity (Wildman–Crippen MR) is 84.9 cm³/mol. The van der Waals surface area contributed by atoms with E-state index in [4.69, 9.17) is 0 Å². The predicted octanol–water partition coefficient (Wildman–Crippen LogP) is 1.98. The molecule has 1 aliphatic rings. The highest BCUT2D eigenvalue weighted by Crippen LogP contribution is 2.31. The zero-order chi connectivity index (χ0) is 14.7. The number of carbonyl (C=O) groups excluding carboxylic acids is 1. The molecule has 0 spiro atoms. The summed E-state index contributed by atoms with van der Waals surface area (Å²) in [5.41, 5.74) is 1.07. The molecular weight excluding hydrogens is 286 g/mol. The maximum absolute atomic E-state index is 11.2. The van der Waals surface area contributed by atoms with Crippen LogP contribution >= 0.6 is 11.5 Å². The molecule has 0 aliphatic carbocycles. The zero-order valence-electron chi connectivity index (χ0n) is 12.1. The smallest absolute Gasteiger partial charge is 0.306 e. The lowest BCUT2D eigenvalue weighted by Gasteiger charge is -2.35. The first-order valence-corrected chi connectivity index (χ1v) is 7.94. The molecule has 0 N–H and O–H groups in total. The monoisotopic (exact) mass is 305 g/mol. The van der Waals surface area contributed by atoms with Gasteiger partial charge < -0.3 is 9.64 Å². The molecule has 2 aromatic rings. The van der Waals surface area contributed by atoms with Crippen molar-refractivity contribution >= 4 is 33.4 Å². The van der Waals surface area contributed by atoms with E-state index in [1.807, 2.05) is 6.07 Å². The first-order valence-electron chi connectivity index (χ1n) is 7.16. The van der Waals surface area contributed by atoms with Crippen LogP contribution in [-0.4, -0.2) is 55.1 Å². The fourth-order valence-corrected chi connectivity index (χ4v) is 3.54. The van der Waals surface area contributed by atoms with Crippen molar-refractivity contribution in [3.8, 4) is 0 Å². The lowest BCUT2D eigenvalue weighted by atomic mass is 10.2. The molecule has 0 amide bonds. The average molecular weight is 305 g/mol. The number of hydrogen-bond acceptors (Lipinski definition) is 6. The Kier molecular flexibility index (Phi) is 4.36. The minimum absolute atomic E-state index is 0.133. The number of benzene rings is 1. The Morgan fingerprint density at radius 3 is 2.81 bits per heavy atom. The van der Waals surface area contributed by atoms with Crippen molar-refractivity contribution in [2.75, 3.05) is 44.7 Å². The van der Waals surface area contributed by atoms with Gasteiger partial charge in [0.05, 0.1) is 19.0 Å². The van der Waals surface area contributed by atoms with Crippen molar-refractivity contribution in [3.05, 3.63) is 24.3 Å². The Balaban J connectivity index is 1.59. The minimum Gasteiger partial charge on any atom is -0.469 e. The van der Waals surface area contributed by atoms with E-state index in [1.165, 1.54) is 17.5 Å². The van der Waals surface area contributed by atoms with Crippen molar-refractivity contribution in [1.82, 2.24) is 9.27 Å². The highest BCUT2D eigenvalue weighted by atomic mass is 32.1. The molecule has 2 heterocycles. The van der Waals surface area contributed by atoms with Gasteiger partial charge in [-0.25, -0.2) is 0 Å². The van der Waals surface area contributed by atoms with E-state index in [0.29, 0.717) is 6.42 Å². The molecule has 1 aromatic carbocycles. The Hall–Kier alpha value is -1.66. The number of esters is 1. The summed E-state index contributed by atoms with van der Waals surface area (Å²) in [5, 5.41) is 2.50. The quantitative estimate of drug-likeness (QED) is 0.808. The fraction of sp³-hybridized carbons (Fsp3) is 0.467. The molecule has 1 saturated heterocycles. The maximum atomic E-state index is 11.2. The van der Waals surface area contributed by atoms with Gasteiger partial charge in [0.1, 0.15) is 5.00 Å². The minimum atomic E-state index is -0.133. The van der Waals surface area contributed by atoms with E-state index < -0.39 is 0 Å². The Morgan fingerprint density at radius 2 is 2.05 bits per heavy atom. The number of ether oxygens (including phenoxy) is 1. The third kappa shape index (κ3) is 3.16. The molecule has 0 saturated carbocycles. The number of nitrogens with zero attached hydrogens (tertiary/aromatic N) is 3. The van der Waals surface area contributed by atoms with Gasteiger partial charge in [0.25, 0.3) is 0 Å². The normalized spacial score (nSPS) is 16.3. The summed E-state index contributed by atoms with van der Waals surface area (Å²) in [5.74, 6) is -0.133. The van der Waals surface area contributed by atoms with Gasteiger partial charge in [-0.1, -0.05) is 12.1 Å². The number of piperazine rings is 1. The summed E-state index contributed by atoms with van der Waals surface area (Å²) in [6.45, 7) is 4.69. The number of fused-ring (bicyclic) bond motifs is 1. The fourth-order valence-electron chi connectivity index (χ4n) is 2.63. The molecule has 0 unspecified atom stereocenters. The Morgan fingerprint density at radius 1 is 1.29 bits per heavy atom. The van der Waals surface area contributed by atoms with Gasteiger partial charge in [-0.15, -0.1) is 0 Å². The van der Waals surface area contributed by atoms with E-state index in [1.54, 1.807) is 11.5 Å². The van der Waals surface area contributed by atoms with E-state index in [9.17, 15) is 4.79 Å². The van der Waals surface area contributed by atoms with Crippen LogP contribution in [-0.2, 0) is 9.53 Å². The number of carbonyl (C=O) groups is 1. The molecule has 5 nitrogen and oxygen atoms in total. The van der Waals surface area contributed by atoms with Crippen LogP contribution < -0.4 is 4.90 Å². The van der Waals surface area contributed by atoms with Gasteiger partial charge >= 0.3 is 5.97 Å². The highest BCUT2D eigenvalue weighted by Gasteiger charge is 2.20. The topological polar surface area (TPSA) is 45.7 Å². The second-order valence-corrected chi connectivity index (χ2v) is 5.91. The summed E-state index contributed by atoms with van der Waals surface area (Å²) < 4.78 is 9.20. The van der Waals surface area contributed by atoms with Gasteiger partial charge in [-0.2, -0.15) is 4.37 Å². The molecule has 1 aromatic heterocycles. The van der Waals surface area contributed by atoms with Gasteiger partial charge in [-0.3, -0.25) is 9.69 Å². The summed E-state index contributed by atoms with van der Waals surface area (Å²) in [4.78, 5) is 15.9. The molecule has 0 bridgehead atoms. The number of hydrogen-bond donors (Lipinski definition) is 0. The number of aromatic nitrogens is 1. The van der Waals surface area contributed by atoms with Crippen LogP contribution in [0.2, 0.25) is 0 Å². The van der Waals surface area contributed by atoms with Crippen LogP contribution in [0.4, 0.5) is 5.00 Å².